The quantitative estimate of drug-likeness (QED) is 0.775. The van der Waals surface area contributed by atoms with Gasteiger partial charge in [0.2, 0.25) is 5.95 Å². The van der Waals surface area contributed by atoms with E-state index < -0.39 is 0 Å². The van der Waals surface area contributed by atoms with E-state index in [2.05, 4.69) is 61.4 Å². The minimum atomic E-state index is 0.649. The molecule has 1 N–H and O–H groups in total. The third-order valence-corrected chi connectivity index (χ3v) is 4.46. The van der Waals surface area contributed by atoms with Gasteiger partial charge in [-0.1, -0.05) is 17.3 Å². The van der Waals surface area contributed by atoms with E-state index in [-0.39, 0.29) is 0 Å². The molecule has 2 aromatic heterocycles. The van der Waals surface area contributed by atoms with E-state index in [9.17, 15) is 0 Å². The molecule has 0 radical (unpaired) electrons. The molecule has 1 aliphatic rings. The van der Waals surface area contributed by atoms with Crippen LogP contribution >= 0.6 is 0 Å². The van der Waals surface area contributed by atoms with E-state index in [0.29, 0.717) is 11.6 Å². The molecule has 0 bridgehead atoms. The highest BCUT2D eigenvalue weighted by Gasteiger charge is 2.19. The molecule has 0 saturated carbocycles. The highest BCUT2D eigenvalue weighted by molar-refractivity contribution is 5.54. The van der Waals surface area contributed by atoms with Gasteiger partial charge in [0.05, 0.1) is 0 Å². The Hall–Kier alpha value is -3.09. The number of anilines is 4. The Morgan fingerprint density at radius 2 is 1.77 bits per heavy atom. The molecule has 0 atom stereocenters. The SMILES string of the molecule is Cc1cccc(N2CCN(c3nccc(Nc4cc(C)on4)n3)CC2)c1. The predicted octanol–water partition coefficient (Wildman–Crippen LogP) is 3.15. The van der Waals surface area contributed by atoms with E-state index in [1.54, 1.807) is 6.20 Å². The molecule has 3 heterocycles. The van der Waals surface area contributed by atoms with Crippen LogP contribution in [0.25, 0.3) is 0 Å². The molecule has 26 heavy (non-hydrogen) atoms. The van der Waals surface area contributed by atoms with Crippen LogP contribution in [0, 0.1) is 13.8 Å². The maximum atomic E-state index is 5.07. The first-order valence-electron chi connectivity index (χ1n) is 8.77. The summed E-state index contributed by atoms with van der Waals surface area (Å²) < 4.78 is 5.07. The predicted molar refractivity (Wildman–Crippen MR) is 102 cm³/mol. The summed E-state index contributed by atoms with van der Waals surface area (Å²) in [6.07, 6.45) is 1.77. The molecule has 0 unspecified atom stereocenters. The minimum absolute atomic E-state index is 0.649. The van der Waals surface area contributed by atoms with Gasteiger partial charge < -0.3 is 19.6 Å². The number of nitrogens with zero attached hydrogens (tertiary/aromatic N) is 5. The van der Waals surface area contributed by atoms with Crippen LogP contribution in [0.3, 0.4) is 0 Å². The maximum absolute atomic E-state index is 5.07. The van der Waals surface area contributed by atoms with Crippen LogP contribution in [-0.2, 0) is 0 Å². The first kappa shape index (κ1) is 16.4. The number of aromatic nitrogens is 3. The van der Waals surface area contributed by atoms with Crippen LogP contribution < -0.4 is 15.1 Å². The fraction of sp³-hybridized carbons (Fsp3) is 0.316. The van der Waals surface area contributed by atoms with E-state index in [1.807, 2.05) is 19.1 Å². The number of rotatable bonds is 4. The number of piperazine rings is 1. The Kier molecular flexibility index (Phi) is 4.43. The van der Waals surface area contributed by atoms with Crippen molar-refractivity contribution in [3.63, 3.8) is 0 Å². The van der Waals surface area contributed by atoms with Crippen molar-refractivity contribution in [3.8, 4) is 0 Å². The Balaban J connectivity index is 1.42. The van der Waals surface area contributed by atoms with Crippen molar-refractivity contribution in [1.29, 1.82) is 0 Å². The standard InChI is InChI=1S/C19H22N6O/c1-14-4-3-5-16(12-14)24-8-10-25(11-9-24)19-20-7-6-17(22-19)21-18-13-15(2)26-23-18/h3-7,12-13H,8-11H2,1-2H3,(H,20,21,22,23). The minimum Gasteiger partial charge on any atom is -0.368 e. The lowest BCUT2D eigenvalue weighted by Crippen LogP contribution is -2.47. The van der Waals surface area contributed by atoms with Crippen LogP contribution in [0.1, 0.15) is 11.3 Å². The number of aryl methyl sites for hydroxylation is 2. The molecular weight excluding hydrogens is 328 g/mol. The van der Waals surface area contributed by atoms with Crippen molar-refractivity contribution in [1.82, 2.24) is 15.1 Å². The molecule has 3 aromatic rings. The van der Waals surface area contributed by atoms with Crippen molar-refractivity contribution in [3.05, 3.63) is 53.9 Å². The molecular formula is C19H22N6O. The van der Waals surface area contributed by atoms with Crippen LogP contribution in [0.15, 0.2) is 47.1 Å². The van der Waals surface area contributed by atoms with Gasteiger partial charge in [0.1, 0.15) is 11.6 Å². The number of benzene rings is 1. The molecule has 7 heteroatoms. The van der Waals surface area contributed by atoms with Crippen molar-refractivity contribution in [2.45, 2.75) is 13.8 Å². The molecule has 0 aliphatic carbocycles. The molecule has 134 valence electrons. The van der Waals surface area contributed by atoms with Gasteiger partial charge in [0.15, 0.2) is 5.82 Å². The summed E-state index contributed by atoms with van der Waals surface area (Å²) in [5, 5.41) is 7.09. The Morgan fingerprint density at radius 1 is 0.962 bits per heavy atom. The van der Waals surface area contributed by atoms with Crippen LogP contribution in [-0.4, -0.2) is 41.3 Å². The average Bonchev–Trinajstić information content (AvgIpc) is 3.07. The van der Waals surface area contributed by atoms with Crippen molar-refractivity contribution in [2.75, 3.05) is 41.3 Å². The Labute approximate surface area is 152 Å². The summed E-state index contributed by atoms with van der Waals surface area (Å²) in [5.74, 6) is 2.86. The lowest BCUT2D eigenvalue weighted by molar-refractivity contribution is 0.400. The molecule has 1 aromatic carbocycles. The normalized spacial score (nSPS) is 14.5. The van der Waals surface area contributed by atoms with Crippen molar-refractivity contribution in [2.24, 2.45) is 0 Å². The summed E-state index contributed by atoms with van der Waals surface area (Å²) in [6.45, 7) is 7.67. The first-order chi connectivity index (χ1) is 12.7. The lowest BCUT2D eigenvalue weighted by Gasteiger charge is -2.36. The van der Waals surface area contributed by atoms with Gasteiger partial charge in [-0.05, 0) is 37.6 Å². The summed E-state index contributed by atoms with van der Waals surface area (Å²) in [5.41, 5.74) is 2.57. The molecule has 0 spiro atoms. The van der Waals surface area contributed by atoms with Crippen molar-refractivity contribution >= 4 is 23.3 Å². The lowest BCUT2D eigenvalue weighted by atomic mass is 10.2. The van der Waals surface area contributed by atoms with Gasteiger partial charge in [-0.3, -0.25) is 0 Å². The second-order valence-corrected chi connectivity index (χ2v) is 6.50. The van der Waals surface area contributed by atoms with E-state index in [1.165, 1.54) is 11.3 Å². The van der Waals surface area contributed by atoms with Gasteiger partial charge in [0, 0.05) is 44.1 Å². The van der Waals surface area contributed by atoms with Gasteiger partial charge in [-0.25, -0.2) is 4.98 Å². The third kappa shape index (κ3) is 3.61. The number of hydrogen-bond acceptors (Lipinski definition) is 7. The fourth-order valence-electron chi connectivity index (χ4n) is 3.12. The number of nitrogens with one attached hydrogen (secondary N) is 1. The van der Waals surface area contributed by atoms with Crippen LogP contribution in [0.2, 0.25) is 0 Å². The fourth-order valence-corrected chi connectivity index (χ4v) is 3.12. The van der Waals surface area contributed by atoms with Gasteiger partial charge in [-0.2, -0.15) is 4.98 Å². The second-order valence-electron chi connectivity index (χ2n) is 6.50. The molecule has 4 rings (SSSR count). The molecule has 1 saturated heterocycles. The smallest absolute Gasteiger partial charge is 0.227 e. The summed E-state index contributed by atoms with van der Waals surface area (Å²) in [6, 6.07) is 12.3. The monoisotopic (exact) mass is 350 g/mol. The summed E-state index contributed by atoms with van der Waals surface area (Å²) in [7, 11) is 0. The van der Waals surface area contributed by atoms with E-state index in [4.69, 9.17) is 4.52 Å². The molecule has 1 fully saturated rings. The van der Waals surface area contributed by atoms with Gasteiger partial charge in [0.25, 0.3) is 0 Å². The van der Waals surface area contributed by atoms with Crippen LogP contribution in [0.4, 0.5) is 23.3 Å². The van der Waals surface area contributed by atoms with Gasteiger partial charge >= 0.3 is 0 Å². The molecule has 1 aliphatic heterocycles. The first-order valence-corrected chi connectivity index (χ1v) is 8.77. The Bertz CT molecular complexity index is 885. The van der Waals surface area contributed by atoms with Gasteiger partial charge in [-0.15, -0.1) is 0 Å². The third-order valence-electron chi connectivity index (χ3n) is 4.46. The summed E-state index contributed by atoms with van der Waals surface area (Å²) >= 11 is 0. The van der Waals surface area contributed by atoms with Crippen molar-refractivity contribution < 1.29 is 4.52 Å². The van der Waals surface area contributed by atoms with E-state index in [0.717, 1.165) is 37.9 Å². The highest BCUT2D eigenvalue weighted by atomic mass is 16.5. The zero-order chi connectivity index (χ0) is 17.9. The zero-order valence-electron chi connectivity index (χ0n) is 15.0. The van der Waals surface area contributed by atoms with E-state index >= 15 is 0 Å². The topological polar surface area (TPSA) is 70.3 Å². The summed E-state index contributed by atoms with van der Waals surface area (Å²) in [4.78, 5) is 13.7. The average molecular weight is 350 g/mol. The molecule has 7 nitrogen and oxygen atoms in total. The largest absolute Gasteiger partial charge is 0.368 e. The molecule has 0 amide bonds. The second kappa shape index (κ2) is 7.03. The highest BCUT2D eigenvalue weighted by Crippen LogP contribution is 2.21. The zero-order valence-corrected chi connectivity index (χ0v) is 15.0. The maximum Gasteiger partial charge on any atom is 0.227 e. The number of hydrogen-bond donors (Lipinski definition) is 1. The van der Waals surface area contributed by atoms with Crippen LogP contribution in [0.5, 0.6) is 0 Å². The Morgan fingerprint density at radius 3 is 2.50 bits per heavy atom.